The normalized spacial score (nSPS) is 11.8. The van der Waals surface area contributed by atoms with E-state index >= 15 is 0 Å². The molecule has 0 fully saturated rings. The summed E-state index contributed by atoms with van der Waals surface area (Å²) in [5.74, 6) is 6.00. The Labute approximate surface area is 181 Å². The lowest BCUT2D eigenvalue weighted by molar-refractivity contribution is 0.143. The van der Waals surface area contributed by atoms with Crippen molar-refractivity contribution in [3.63, 3.8) is 0 Å². The van der Waals surface area contributed by atoms with E-state index in [1.165, 1.54) is 28.3 Å². The van der Waals surface area contributed by atoms with Gasteiger partial charge in [0.05, 0.1) is 6.61 Å². The van der Waals surface area contributed by atoms with E-state index < -0.39 is 6.09 Å². The number of phenols is 1. The summed E-state index contributed by atoms with van der Waals surface area (Å²) in [5, 5.41) is 21.5. The van der Waals surface area contributed by atoms with Crippen LogP contribution in [0.2, 0.25) is 0 Å². The number of carbonyl (C=O) groups excluding carboxylic acids is 1. The van der Waals surface area contributed by atoms with Gasteiger partial charge < -0.3 is 20.3 Å². The minimum absolute atomic E-state index is 0.0353. The Balaban J connectivity index is 1.28. The molecule has 0 atom stereocenters. The number of aliphatic hydroxyl groups is 1. The van der Waals surface area contributed by atoms with Gasteiger partial charge in [-0.3, -0.25) is 0 Å². The summed E-state index contributed by atoms with van der Waals surface area (Å²) in [6.45, 7) is 0.405. The van der Waals surface area contributed by atoms with Gasteiger partial charge in [-0.25, -0.2) is 4.79 Å². The lowest BCUT2D eigenvalue weighted by Gasteiger charge is -2.14. The first-order valence-electron chi connectivity index (χ1n) is 10.2. The van der Waals surface area contributed by atoms with Crippen molar-refractivity contribution in [2.45, 2.75) is 18.9 Å². The zero-order chi connectivity index (χ0) is 21.6. The topological polar surface area (TPSA) is 78.8 Å². The maximum atomic E-state index is 12.1. The molecule has 5 heteroatoms. The van der Waals surface area contributed by atoms with Crippen molar-refractivity contribution in [3.8, 4) is 28.7 Å². The van der Waals surface area contributed by atoms with E-state index in [4.69, 9.17) is 4.74 Å². The molecular formula is C26H23NO4. The van der Waals surface area contributed by atoms with Crippen LogP contribution in [0.1, 0.15) is 34.6 Å². The molecule has 0 saturated heterocycles. The van der Waals surface area contributed by atoms with Crippen molar-refractivity contribution < 1.29 is 19.7 Å². The molecule has 3 N–H and O–H groups in total. The number of fused-ring (bicyclic) bond motifs is 3. The van der Waals surface area contributed by atoms with Crippen molar-refractivity contribution in [1.82, 2.24) is 5.32 Å². The third-order valence-corrected chi connectivity index (χ3v) is 5.35. The van der Waals surface area contributed by atoms with Crippen LogP contribution >= 0.6 is 0 Å². The summed E-state index contributed by atoms with van der Waals surface area (Å²) in [4.78, 5) is 12.1. The largest absolute Gasteiger partial charge is 0.508 e. The summed E-state index contributed by atoms with van der Waals surface area (Å²) in [6.07, 6.45) is -0.00430. The van der Waals surface area contributed by atoms with E-state index in [2.05, 4.69) is 41.4 Å². The number of alkyl carbamates (subject to hydrolysis) is 1. The lowest BCUT2D eigenvalue weighted by atomic mass is 9.98. The van der Waals surface area contributed by atoms with E-state index in [0.29, 0.717) is 24.1 Å². The molecule has 1 aliphatic rings. The Kier molecular flexibility index (Phi) is 6.21. The van der Waals surface area contributed by atoms with Gasteiger partial charge in [0.15, 0.2) is 0 Å². The Morgan fingerprint density at radius 2 is 1.68 bits per heavy atom. The molecular weight excluding hydrogens is 390 g/mol. The van der Waals surface area contributed by atoms with Gasteiger partial charge in [0.2, 0.25) is 0 Å². The van der Waals surface area contributed by atoms with Crippen LogP contribution in [0.5, 0.6) is 5.75 Å². The second kappa shape index (κ2) is 9.38. The number of carbonyl (C=O) groups is 1. The van der Waals surface area contributed by atoms with Crippen LogP contribution in [-0.4, -0.2) is 29.5 Å². The average molecular weight is 413 g/mol. The van der Waals surface area contributed by atoms with E-state index in [1.807, 2.05) is 24.3 Å². The summed E-state index contributed by atoms with van der Waals surface area (Å²) in [5.41, 5.74) is 5.88. The molecule has 31 heavy (non-hydrogen) atoms. The van der Waals surface area contributed by atoms with Crippen molar-refractivity contribution >= 4 is 6.09 Å². The molecule has 1 amide bonds. The number of amides is 1. The van der Waals surface area contributed by atoms with E-state index in [0.717, 1.165) is 0 Å². The summed E-state index contributed by atoms with van der Waals surface area (Å²) in [7, 11) is 0. The SMILES string of the molecule is O=C(NCCC#Cc1ccc(O)c(CO)c1)OCC1c2ccccc2-c2ccccc21. The highest BCUT2D eigenvalue weighted by molar-refractivity contribution is 5.79. The fourth-order valence-corrected chi connectivity index (χ4v) is 3.83. The molecule has 0 radical (unpaired) electrons. The molecule has 1 aliphatic carbocycles. The van der Waals surface area contributed by atoms with Crippen molar-refractivity contribution in [2.24, 2.45) is 0 Å². The molecule has 0 spiro atoms. The van der Waals surface area contributed by atoms with Crippen LogP contribution in [0.25, 0.3) is 11.1 Å². The predicted molar refractivity (Wildman–Crippen MR) is 119 cm³/mol. The molecule has 3 aromatic rings. The summed E-state index contributed by atoms with van der Waals surface area (Å²) in [6, 6.07) is 21.3. The fraction of sp³-hybridized carbons (Fsp3) is 0.192. The minimum Gasteiger partial charge on any atom is -0.508 e. The van der Waals surface area contributed by atoms with Crippen LogP contribution in [0.3, 0.4) is 0 Å². The average Bonchev–Trinajstić information content (AvgIpc) is 3.12. The van der Waals surface area contributed by atoms with Gasteiger partial charge in [-0.2, -0.15) is 0 Å². The Morgan fingerprint density at radius 3 is 2.35 bits per heavy atom. The van der Waals surface area contributed by atoms with Gasteiger partial charge in [-0.15, -0.1) is 0 Å². The minimum atomic E-state index is -0.462. The Bertz CT molecular complexity index is 1110. The second-order valence-electron chi connectivity index (χ2n) is 7.31. The first kappa shape index (κ1) is 20.5. The van der Waals surface area contributed by atoms with Crippen LogP contribution in [-0.2, 0) is 11.3 Å². The number of aliphatic hydroxyl groups excluding tert-OH is 1. The quantitative estimate of drug-likeness (QED) is 0.433. The highest BCUT2D eigenvalue weighted by Gasteiger charge is 2.28. The highest BCUT2D eigenvalue weighted by Crippen LogP contribution is 2.44. The van der Waals surface area contributed by atoms with Gasteiger partial charge in [0, 0.05) is 30.0 Å². The number of rotatable bonds is 5. The molecule has 0 aromatic heterocycles. The Hall–Kier alpha value is -3.75. The zero-order valence-electron chi connectivity index (χ0n) is 17.0. The number of benzene rings is 3. The maximum Gasteiger partial charge on any atom is 0.407 e. The monoisotopic (exact) mass is 413 g/mol. The number of hydrogen-bond acceptors (Lipinski definition) is 4. The molecule has 4 rings (SSSR count). The maximum absolute atomic E-state index is 12.1. The van der Waals surface area contributed by atoms with E-state index in [9.17, 15) is 15.0 Å². The molecule has 5 nitrogen and oxygen atoms in total. The lowest BCUT2D eigenvalue weighted by Crippen LogP contribution is -2.26. The molecule has 0 saturated carbocycles. The molecule has 0 aliphatic heterocycles. The van der Waals surface area contributed by atoms with Crippen molar-refractivity contribution in [1.29, 1.82) is 0 Å². The van der Waals surface area contributed by atoms with E-state index in [-0.39, 0.29) is 24.9 Å². The summed E-state index contributed by atoms with van der Waals surface area (Å²) >= 11 is 0. The van der Waals surface area contributed by atoms with Crippen LogP contribution in [0, 0.1) is 11.8 Å². The van der Waals surface area contributed by atoms with Gasteiger partial charge in [-0.05, 0) is 40.5 Å². The van der Waals surface area contributed by atoms with Gasteiger partial charge >= 0.3 is 6.09 Å². The third-order valence-electron chi connectivity index (χ3n) is 5.35. The zero-order valence-corrected chi connectivity index (χ0v) is 17.0. The van der Waals surface area contributed by atoms with E-state index in [1.54, 1.807) is 12.1 Å². The smallest absolute Gasteiger partial charge is 0.407 e. The van der Waals surface area contributed by atoms with Gasteiger partial charge in [0.1, 0.15) is 12.4 Å². The Morgan fingerprint density at radius 1 is 1.00 bits per heavy atom. The van der Waals surface area contributed by atoms with Gasteiger partial charge in [0.25, 0.3) is 0 Å². The number of nitrogens with one attached hydrogen (secondary N) is 1. The third kappa shape index (κ3) is 4.55. The van der Waals surface area contributed by atoms with Crippen molar-refractivity contribution in [2.75, 3.05) is 13.2 Å². The van der Waals surface area contributed by atoms with Crippen LogP contribution in [0.15, 0.2) is 66.7 Å². The first-order valence-corrected chi connectivity index (χ1v) is 10.2. The second-order valence-corrected chi connectivity index (χ2v) is 7.31. The molecule has 0 unspecified atom stereocenters. The molecule has 0 bridgehead atoms. The standard InChI is InChI=1S/C26H23NO4/c28-16-19-15-18(12-13-25(19)29)7-5-6-14-27-26(30)31-17-24-22-10-3-1-8-20(22)21-9-2-4-11-23(21)24/h1-4,8-13,15,24,28-29H,6,14,16-17H2,(H,27,30). The number of ether oxygens (including phenoxy) is 1. The molecule has 3 aromatic carbocycles. The van der Waals surface area contributed by atoms with Gasteiger partial charge in [-0.1, -0.05) is 60.4 Å². The van der Waals surface area contributed by atoms with Crippen LogP contribution in [0.4, 0.5) is 4.79 Å². The molecule has 0 heterocycles. The summed E-state index contributed by atoms with van der Waals surface area (Å²) < 4.78 is 5.49. The number of hydrogen-bond donors (Lipinski definition) is 3. The fourth-order valence-electron chi connectivity index (χ4n) is 3.83. The number of aromatic hydroxyl groups is 1. The first-order chi connectivity index (χ1) is 15.2. The van der Waals surface area contributed by atoms with Crippen molar-refractivity contribution in [3.05, 3.63) is 89.0 Å². The molecule has 156 valence electrons. The highest BCUT2D eigenvalue weighted by atomic mass is 16.5. The van der Waals surface area contributed by atoms with Crippen LogP contribution < -0.4 is 5.32 Å². The predicted octanol–water partition coefficient (Wildman–Crippen LogP) is 4.16.